The number of amides is 1. The minimum absolute atomic E-state index is 0.107. The highest BCUT2D eigenvalue weighted by Crippen LogP contribution is 2.24. The summed E-state index contributed by atoms with van der Waals surface area (Å²) in [5, 5.41) is 0.679. The standard InChI is InChI=1S/C26H28ClN3O3S/c1-18-13-19(2)15-23(14-18)28-34(32,33)25-16-21(8-7-20(25)3)26(31)30-11-9-29(10-12-30)24-6-4-5-22(27)17-24/h4-8,13-17,28H,9-12H2,1-3H3. The zero-order chi connectivity index (χ0) is 24.5. The first kappa shape index (κ1) is 24.1. The van der Waals surface area contributed by atoms with E-state index in [-0.39, 0.29) is 10.8 Å². The van der Waals surface area contributed by atoms with Gasteiger partial charge in [-0.15, -0.1) is 0 Å². The van der Waals surface area contributed by atoms with Crippen molar-refractivity contribution in [2.45, 2.75) is 25.7 Å². The van der Waals surface area contributed by atoms with E-state index in [2.05, 4.69) is 9.62 Å². The number of piperazine rings is 1. The number of aryl methyl sites for hydroxylation is 3. The molecule has 6 nitrogen and oxygen atoms in total. The fourth-order valence-corrected chi connectivity index (χ4v) is 5.79. The van der Waals surface area contributed by atoms with Gasteiger partial charge in [0.15, 0.2) is 0 Å². The fraction of sp³-hybridized carbons (Fsp3) is 0.269. The van der Waals surface area contributed by atoms with E-state index < -0.39 is 10.0 Å². The van der Waals surface area contributed by atoms with Gasteiger partial charge in [0.25, 0.3) is 15.9 Å². The molecule has 0 bridgehead atoms. The number of halogens is 1. The molecule has 0 unspecified atom stereocenters. The van der Waals surface area contributed by atoms with Crippen LogP contribution in [-0.4, -0.2) is 45.4 Å². The van der Waals surface area contributed by atoms with Crippen LogP contribution >= 0.6 is 11.6 Å². The maximum atomic E-state index is 13.2. The molecule has 1 amide bonds. The van der Waals surface area contributed by atoms with Gasteiger partial charge in [0, 0.05) is 48.1 Å². The molecular weight excluding hydrogens is 470 g/mol. The Morgan fingerprint density at radius 3 is 2.21 bits per heavy atom. The Balaban J connectivity index is 1.51. The Labute approximate surface area is 206 Å². The van der Waals surface area contributed by atoms with E-state index in [0.29, 0.717) is 48.0 Å². The topological polar surface area (TPSA) is 69.7 Å². The van der Waals surface area contributed by atoms with Gasteiger partial charge in [-0.05, 0) is 79.9 Å². The van der Waals surface area contributed by atoms with Gasteiger partial charge >= 0.3 is 0 Å². The Hall–Kier alpha value is -3.03. The molecule has 1 aliphatic rings. The number of anilines is 2. The molecule has 34 heavy (non-hydrogen) atoms. The average molecular weight is 498 g/mol. The lowest BCUT2D eigenvalue weighted by Crippen LogP contribution is -2.48. The molecule has 178 valence electrons. The van der Waals surface area contributed by atoms with Crippen LogP contribution in [-0.2, 0) is 10.0 Å². The molecule has 3 aromatic carbocycles. The number of sulfonamides is 1. The first-order valence-electron chi connectivity index (χ1n) is 11.1. The fourth-order valence-electron chi connectivity index (χ4n) is 4.29. The van der Waals surface area contributed by atoms with E-state index in [1.165, 1.54) is 6.07 Å². The number of nitrogens with zero attached hydrogens (tertiary/aromatic N) is 2. The van der Waals surface area contributed by atoms with Crippen molar-refractivity contribution in [1.82, 2.24) is 4.90 Å². The summed E-state index contributed by atoms with van der Waals surface area (Å²) in [4.78, 5) is 17.3. The third-order valence-electron chi connectivity index (χ3n) is 5.94. The third-order valence-corrected chi connectivity index (χ3v) is 7.70. The minimum atomic E-state index is -3.85. The number of carbonyl (C=O) groups excluding carboxylic acids is 1. The molecule has 0 saturated carbocycles. The molecular formula is C26H28ClN3O3S. The molecule has 0 aromatic heterocycles. The maximum Gasteiger partial charge on any atom is 0.262 e. The van der Waals surface area contributed by atoms with Gasteiger partial charge in [-0.25, -0.2) is 8.42 Å². The van der Waals surface area contributed by atoms with Gasteiger partial charge in [-0.2, -0.15) is 0 Å². The van der Waals surface area contributed by atoms with Crippen LogP contribution in [0.4, 0.5) is 11.4 Å². The molecule has 1 saturated heterocycles. The van der Waals surface area contributed by atoms with Crippen LogP contribution in [0.25, 0.3) is 0 Å². The minimum Gasteiger partial charge on any atom is -0.368 e. The molecule has 8 heteroatoms. The Morgan fingerprint density at radius 2 is 1.56 bits per heavy atom. The van der Waals surface area contributed by atoms with Crippen LogP contribution in [0.3, 0.4) is 0 Å². The highest BCUT2D eigenvalue weighted by Gasteiger charge is 2.25. The van der Waals surface area contributed by atoms with E-state index >= 15 is 0 Å². The SMILES string of the molecule is Cc1cc(C)cc(NS(=O)(=O)c2cc(C(=O)N3CCN(c4cccc(Cl)c4)CC3)ccc2C)c1. The molecule has 1 aliphatic heterocycles. The van der Waals surface area contributed by atoms with Crippen LogP contribution < -0.4 is 9.62 Å². The maximum absolute atomic E-state index is 13.2. The van der Waals surface area contributed by atoms with Gasteiger partial charge in [0.2, 0.25) is 0 Å². The zero-order valence-electron chi connectivity index (χ0n) is 19.5. The lowest BCUT2D eigenvalue weighted by molar-refractivity contribution is 0.0746. The molecule has 0 radical (unpaired) electrons. The summed E-state index contributed by atoms with van der Waals surface area (Å²) in [6.07, 6.45) is 0. The van der Waals surface area contributed by atoms with Gasteiger partial charge < -0.3 is 9.80 Å². The molecule has 3 aromatic rings. The number of nitrogens with one attached hydrogen (secondary N) is 1. The number of rotatable bonds is 5. The number of hydrogen-bond donors (Lipinski definition) is 1. The van der Waals surface area contributed by atoms with E-state index in [1.807, 2.05) is 44.2 Å². The van der Waals surface area contributed by atoms with Crippen LogP contribution in [0.2, 0.25) is 5.02 Å². The molecule has 1 N–H and O–H groups in total. The van der Waals surface area contributed by atoms with Gasteiger partial charge in [0.1, 0.15) is 0 Å². The molecule has 0 spiro atoms. The Kier molecular flexibility index (Phi) is 6.86. The van der Waals surface area contributed by atoms with Crippen molar-refractivity contribution in [2.24, 2.45) is 0 Å². The normalized spacial score (nSPS) is 14.2. The molecule has 0 atom stereocenters. The number of hydrogen-bond acceptors (Lipinski definition) is 4. The monoisotopic (exact) mass is 497 g/mol. The largest absolute Gasteiger partial charge is 0.368 e. The third kappa shape index (κ3) is 5.37. The van der Waals surface area contributed by atoms with Crippen molar-refractivity contribution in [3.05, 3.63) is 87.9 Å². The van der Waals surface area contributed by atoms with Crippen LogP contribution in [0.5, 0.6) is 0 Å². The summed E-state index contributed by atoms with van der Waals surface area (Å²) in [5.41, 5.74) is 4.42. The smallest absolute Gasteiger partial charge is 0.262 e. The van der Waals surface area contributed by atoms with Gasteiger partial charge in [0.05, 0.1) is 4.90 Å². The summed E-state index contributed by atoms with van der Waals surface area (Å²) in [7, 11) is -3.85. The van der Waals surface area contributed by atoms with Crippen LogP contribution in [0, 0.1) is 20.8 Å². The summed E-state index contributed by atoms with van der Waals surface area (Å²) < 4.78 is 29.0. The van der Waals surface area contributed by atoms with Crippen molar-refractivity contribution in [2.75, 3.05) is 35.8 Å². The molecule has 1 fully saturated rings. The van der Waals surface area contributed by atoms with E-state index in [0.717, 1.165) is 16.8 Å². The predicted molar refractivity (Wildman–Crippen MR) is 137 cm³/mol. The average Bonchev–Trinajstić information content (AvgIpc) is 2.78. The summed E-state index contributed by atoms with van der Waals surface area (Å²) in [5.74, 6) is -0.173. The van der Waals surface area contributed by atoms with E-state index in [9.17, 15) is 13.2 Å². The highest BCUT2D eigenvalue weighted by atomic mass is 35.5. The number of benzene rings is 3. The predicted octanol–water partition coefficient (Wildman–Crippen LogP) is 5.03. The van der Waals surface area contributed by atoms with Crippen LogP contribution in [0.15, 0.2) is 65.6 Å². The lowest BCUT2D eigenvalue weighted by Gasteiger charge is -2.36. The number of carbonyl (C=O) groups is 1. The highest BCUT2D eigenvalue weighted by molar-refractivity contribution is 7.92. The van der Waals surface area contributed by atoms with E-state index in [4.69, 9.17) is 11.6 Å². The quantitative estimate of drug-likeness (QED) is 0.537. The molecule has 4 rings (SSSR count). The summed E-state index contributed by atoms with van der Waals surface area (Å²) in [6, 6.07) is 18.1. The van der Waals surface area contributed by atoms with Crippen LogP contribution in [0.1, 0.15) is 27.0 Å². The van der Waals surface area contributed by atoms with Gasteiger partial charge in [-0.3, -0.25) is 9.52 Å². The van der Waals surface area contributed by atoms with Crippen molar-refractivity contribution < 1.29 is 13.2 Å². The van der Waals surface area contributed by atoms with Crippen molar-refractivity contribution in [1.29, 1.82) is 0 Å². The molecule has 1 heterocycles. The van der Waals surface area contributed by atoms with Crippen molar-refractivity contribution in [3.8, 4) is 0 Å². The van der Waals surface area contributed by atoms with E-state index in [1.54, 1.807) is 36.1 Å². The first-order valence-corrected chi connectivity index (χ1v) is 13.0. The zero-order valence-corrected chi connectivity index (χ0v) is 21.1. The van der Waals surface area contributed by atoms with Crippen molar-refractivity contribution in [3.63, 3.8) is 0 Å². The second-order valence-electron chi connectivity index (χ2n) is 8.72. The van der Waals surface area contributed by atoms with Gasteiger partial charge in [-0.1, -0.05) is 29.8 Å². The summed E-state index contributed by atoms with van der Waals surface area (Å²) in [6.45, 7) is 8.01. The molecule has 0 aliphatic carbocycles. The Bertz CT molecular complexity index is 1310. The van der Waals surface area contributed by atoms with Crippen molar-refractivity contribution >= 4 is 38.9 Å². The second-order valence-corrected chi connectivity index (χ2v) is 10.8. The lowest BCUT2D eigenvalue weighted by atomic mass is 10.1. The summed E-state index contributed by atoms with van der Waals surface area (Å²) >= 11 is 6.11. The first-order chi connectivity index (χ1) is 16.1. The Morgan fingerprint density at radius 1 is 0.882 bits per heavy atom. The second kappa shape index (κ2) is 9.68.